The van der Waals surface area contributed by atoms with Crippen molar-refractivity contribution in [2.75, 3.05) is 40.8 Å². The molecule has 1 fully saturated rings. The number of ether oxygens (including phenoxy) is 1. The molecule has 0 unspecified atom stereocenters. The smallest absolute Gasteiger partial charge is 0.255 e. The van der Waals surface area contributed by atoms with Gasteiger partial charge in [0.2, 0.25) is 17.7 Å². The molecule has 0 N–H and O–H groups in total. The number of aromatic nitrogens is 1. The quantitative estimate of drug-likeness (QED) is 0.513. The van der Waals surface area contributed by atoms with Crippen LogP contribution >= 0.6 is 0 Å². The number of carbonyl (C=O) groups excluding carboxylic acids is 4. The van der Waals surface area contributed by atoms with Crippen molar-refractivity contribution in [3.05, 3.63) is 48.3 Å². The zero-order chi connectivity index (χ0) is 28.3. The number of pyridine rings is 1. The fourth-order valence-electron chi connectivity index (χ4n) is 5.02. The molecule has 1 saturated heterocycles. The molecule has 10 nitrogen and oxygen atoms in total. The summed E-state index contributed by atoms with van der Waals surface area (Å²) in [5.74, 6) is -0.338. The predicted molar refractivity (Wildman–Crippen MR) is 146 cm³/mol. The Balaban J connectivity index is 1.66. The van der Waals surface area contributed by atoms with Gasteiger partial charge in [0.25, 0.3) is 5.91 Å². The summed E-state index contributed by atoms with van der Waals surface area (Å²) < 4.78 is 6.11. The van der Waals surface area contributed by atoms with Gasteiger partial charge in [0.1, 0.15) is 18.4 Å². The second-order valence-corrected chi connectivity index (χ2v) is 10.5. The summed E-state index contributed by atoms with van der Waals surface area (Å²) in [4.78, 5) is 62.9. The average Bonchev–Trinajstić information content (AvgIpc) is 3.42. The molecule has 2 aliphatic rings. The van der Waals surface area contributed by atoms with Gasteiger partial charge >= 0.3 is 0 Å². The summed E-state index contributed by atoms with van der Waals surface area (Å²) in [6.07, 6.45) is 4.93. The van der Waals surface area contributed by atoms with E-state index >= 15 is 0 Å². The van der Waals surface area contributed by atoms with Crippen LogP contribution in [0, 0.1) is 0 Å². The van der Waals surface area contributed by atoms with Crippen LogP contribution in [0.1, 0.15) is 43.5 Å². The Morgan fingerprint density at radius 3 is 2.41 bits per heavy atom. The highest BCUT2D eigenvalue weighted by Gasteiger charge is 2.33. The van der Waals surface area contributed by atoms with E-state index in [4.69, 9.17) is 4.74 Å². The highest BCUT2D eigenvalue weighted by molar-refractivity contribution is 5.95. The van der Waals surface area contributed by atoms with E-state index in [0.29, 0.717) is 24.5 Å². The predicted octanol–water partition coefficient (Wildman–Crippen LogP) is 2.29. The molecule has 3 atom stereocenters. The summed E-state index contributed by atoms with van der Waals surface area (Å²) in [5.41, 5.74) is 2.02. The Morgan fingerprint density at radius 2 is 1.64 bits per heavy atom. The van der Waals surface area contributed by atoms with Crippen molar-refractivity contribution < 1.29 is 23.9 Å². The van der Waals surface area contributed by atoms with E-state index in [1.807, 2.05) is 24.3 Å². The summed E-state index contributed by atoms with van der Waals surface area (Å²) in [6.45, 7) is 4.31. The lowest BCUT2D eigenvalue weighted by molar-refractivity contribution is -0.146. The average molecular weight is 536 g/mol. The second kappa shape index (κ2) is 11.8. The van der Waals surface area contributed by atoms with Gasteiger partial charge in [0.05, 0.1) is 18.2 Å². The number of amides is 4. The minimum atomic E-state index is -0.762. The van der Waals surface area contributed by atoms with Crippen molar-refractivity contribution in [2.45, 2.75) is 51.2 Å². The second-order valence-electron chi connectivity index (χ2n) is 10.5. The molecule has 4 amide bonds. The SMILES string of the molecule is C[C@@H]1CC(=O)N(C)[C@@H](C)C(=O)N(C)CC(=O)N2CCC[C@H]2COc2cccc(c2)-c2cncc(c2)C(=O)N1C. The summed E-state index contributed by atoms with van der Waals surface area (Å²) in [7, 11) is 4.80. The molecule has 0 spiro atoms. The Hall–Kier alpha value is -3.95. The van der Waals surface area contributed by atoms with E-state index in [1.165, 1.54) is 20.9 Å². The highest BCUT2D eigenvalue weighted by atomic mass is 16.5. The van der Waals surface area contributed by atoms with Gasteiger partial charge in [0.15, 0.2) is 0 Å². The molecular weight excluding hydrogens is 498 g/mol. The van der Waals surface area contributed by atoms with Gasteiger partial charge in [0, 0.05) is 58.1 Å². The van der Waals surface area contributed by atoms with E-state index in [9.17, 15) is 19.2 Å². The first kappa shape index (κ1) is 28.1. The highest BCUT2D eigenvalue weighted by Crippen LogP contribution is 2.26. The van der Waals surface area contributed by atoms with Gasteiger partial charge in [-0.25, -0.2) is 0 Å². The van der Waals surface area contributed by atoms with Crippen molar-refractivity contribution in [1.82, 2.24) is 24.6 Å². The number of benzene rings is 1. The molecule has 208 valence electrons. The maximum absolute atomic E-state index is 13.3. The molecule has 10 heteroatoms. The lowest BCUT2D eigenvalue weighted by Crippen LogP contribution is -2.51. The third-order valence-corrected chi connectivity index (χ3v) is 7.82. The third-order valence-electron chi connectivity index (χ3n) is 7.82. The van der Waals surface area contributed by atoms with E-state index < -0.39 is 12.1 Å². The molecule has 1 aromatic heterocycles. The van der Waals surface area contributed by atoms with E-state index in [-0.39, 0.29) is 42.6 Å². The Bertz CT molecular complexity index is 1250. The molecule has 2 aliphatic heterocycles. The fraction of sp³-hybridized carbons (Fsp3) is 0.483. The molecule has 4 bridgehead atoms. The molecule has 3 heterocycles. The largest absolute Gasteiger partial charge is 0.491 e. The lowest BCUT2D eigenvalue weighted by Gasteiger charge is -2.32. The van der Waals surface area contributed by atoms with Gasteiger partial charge in [-0.3, -0.25) is 24.2 Å². The number of fused-ring (bicyclic) bond motifs is 6. The molecule has 2 aromatic rings. The zero-order valence-electron chi connectivity index (χ0n) is 23.3. The topological polar surface area (TPSA) is 103 Å². The lowest BCUT2D eigenvalue weighted by atomic mass is 10.0. The zero-order valence-corrected chi connectivity index (χ0v) is 23.3. The first-order chi connectivity index (χ1) is 18.6. The molecule has 0 radical (unpaired) electrons. The molecular formula is C29H37N5O5. The van der Waals surface area contributed by atoms with Gasteiger partial charge in [-0.1, -0.05) is 12.1 Å². The summed E-state index contributed by atoms with van der Waals surface area (Å²) >= 11 is 0. The molecule has 1 aromatic carbocycles. The Morgan fingerprint density at radius 1 is 0.897 bits per heavy atom. The number of hydrogen-bond acceptors (Lipinski definition) is 6. The molecule has 4 rings (SSSR count). The van der Waals surface area contributed by atoms with Crippen LogP contribution in [0.4, 0.5) is 0 Å². The van der Waals surface area contributed by atoms with Crippen molar-refractivity contribution >= 4 is 23.6 Å². The van der Waals surface area contributed by atoms with Crippen LogP contribution in [-0.2, 0) is 14.4 Å². The first-order valence-corrected chi connectivity index (χ1v) is 13.3. The van der Waals surface area contributed by atoms with Crippen LogP contribution in [0.15, 0.2) is 42.7 Å². The van der Waals surface area contributed by atoms with Crippen LogP contribution in [0.2, 0.25) is 0 Å². The maximum Gasteiger partial charge on any atom is 0.255 e. The normalized spacial score (nSPS) is 23.9. The van der Waals surface area contributed by atoms with Crippen molar-refractivity contribution in [2.24, 2.45) is 0 Å². The number of carbonyl (C=O) groups is 4. The Labute approximate surface area is 229 Å². The number of nitrogens with zero attached hydrogens (tertiary/aromatic N) is 5. The van der Waals surface area contributed by atoms with Gasteiger partial charge in [-0.15, -0.1) is 0 Å². The molecule has 0 aliphatic carbocycles. The van der Waals surface area contributed by atoms with Crippen molar-refractivity contribution in [1.29, 1.82) is 0 Å². The van der Waals surface area contributed by atoms with Gasteiger partial charge in [-0.05, 0) is 50.5 Å². The minimum absolute atomic E-state index is 0.0426. The maximum atomic E-state index is 13.3. The van der Waals surface area contributed by atoms with Crippen LogP contribution in [0.5, 0.6) is 5.75 Å². The first-order valence-electron chi connectivity index (χ1n) is 13.3. The van der Waals surface area contributed by atoms with Crippen molar-refractivity contribution in [3.63, 3.8) is 0 Å². The molecule has 39 heavy (non-hydrogen) atoms. The summed E-state index contributed by atoms with van der Waals surface area (Å²) in [6, 6.07) is 8.06. The van der Waals surface area contributed by atoms with Crippen LogP contribution in [0.25, 0.3) is 11.1 Å². The van der Waals surface area contributed by atoms with Gasteiger partial charge in [-0.2, -0.15) is 0 Å². The van der Waals surface area contributed by atoms with Crippen LogP contribution in [0.3, 0.4) is 0 Å². The number of rotatable bonds is 0. The fourth-order valence-corrected chi connectivity index (χ4v) is 5.02. The van der Waals surface area contributed by atoms with Crippen LogP contribution in [-0.4, -0.2) is 107 Å². The third kappa shape index (κ3) is 6.21. The number of likely N-dealkylation sites (N-methyl/N-ethyl adjacent to an activating group) is 2. The Kier molecular flexibility index (Phi) is 8.52. The molecule has 0 saturated carbocycles. The van der Waals surface area contributed by atoms with Crippen molar-refractivity contribution in [3.8, 4) is 16.9 Å². The van der Waals surface area contributed by atoms with E-state index in [2.05, 4.69) is 4.98 Å². The van der Waals surface area contributed by atoms with Crippen LogP contribution < -0.4 is 4.74 Å². The van der Waals surface area contributed by atoms with E-state index in [0.717, 1.165) is 24.0 Å². The van der Waals surface area contributed by atoms with Gasteiger partial charge < -0.3 is 24.3 Å². The summed E-state index contributed by atoms with van der Waals surface area (Å²) in [5, 5.41) is 0. The number of hydrogen-bond donors (Lipinski definition) is 0. The standard InChI is InChI=1S/C29H37N5O5/c1-19-12-26(35)33(5)20(2)28(37)31(3)17-27(36)34-11-7-9-24(34)18-39-25-10-6-8-21(14-25)22-13-23(16-30-15-22)29(38)32(19)4/h6,8,10,13-16,19-20,24H,7,9,11-12,17-18H2,1-5H3/t19-,20+,24+/m1/s1. The minimum Gasteiger partial charge on any atom is -0.491 e. The monoisotopic (exact) mass is 535 g/mol. The van der Waals surface area contributed by atoms with E-state index in [1.54, 1.807) is 52.2 Å².